The topological polar surface area (TPSA) is 105 Å². The number of sulfonamides is 1. The maximum Gasteiger partial charge on any atom is 0.242 e. The molecule has 0 unspecified atom stereocenters. The summed E-state index contributed by atoms with van der Waals surface area (Å²) in [5.41, 5.74) is 2.47. The smallest absolute Gasteiger partial charge is 0.242 e. The number of carbonyl (C=O) groups is 2. The van der Waals surface area contributed by atoms with Crippen molar-refractivity contribution in [3.8, 4) is 11.5 Å². The van der Waals surface area contributed by atoms with Gasteiger partial charge in [0.1, 0.15) is 19.3 Å². The highest BCUT2D eigenvalue weighted by Gasteiger charge is 2.27. The molecule has 208 valence electrons. The lowest BCUT2D eigenvalue weighted by Crippen LogP contribution is -2.48. The van der Waals surface area contributed by atoms with Crippen LogP contribution in [0.3, 0.4) is 0 Å². The highest BCUT2D eigenvalue weighted by molar-refractivity contribution is 7.92. The zero-order valence-electron chi connectivity index (χ0n) is 22.9. The van der Waals surface area contributed by atoms with Crippen molar-refractivity contribution in [3.05, 3.63) is 53.6 Å². The molecule has 0 saturated carbocycles. The van der Waals surface area contributed by atoms with Gasteiger partial charge >= 0.3 is 0 Å². The molecule has 0 spiro atoms. The number of hydrogen-bond donors (Lipinski definition) is 1. The van der Waals surface area contributed by atoms with E-state index in [4.69, 9.17) is 9.47 Å². The number of ether oxygens (including phenoxy) is 2. The van der Waals surface area contributed by atoms with Gasteiger partial charge in [-0.05, 0) is 43.9 Å². The summed E-state index contributed by atoms with van der Waals surface area (Å²) in [6, 6.07) is 12.2. The van der Waals surface area contributed by atoms with Gasteiger partial charge in [0.2, 0.25) is 21.8 Å². The molecule has 1 aliphatic heterocycles. The van der Waals surface area contributed by atoms with Gasteiger partial charge in [0.05, 0.1) is 11.9 Å². The normalized spacial score (nSPS) is 13.6. The van der Waals surface area contributed by atoms with Gasteiger partial charge in [-0.25, -0.2) is 8.42 Å². The van der Waals surface area contributed by atoms with Gasteiger partial charge in [0, 0.05) is 32.1 Å². The number of fused-ring (bicyclic) bond motifs is 1. The first-order valence-corrected chi connectivity index (χ1v) is 14.8. The number of carbonyl (C=O) groups excluding carboxylic acids is 2. The second kappa shape index (κ2) is 13.0. The minimum Gasteiger partial charge on any atom is -0.486 e. The van der Waals surface area contributed by atoms with E-state index in [2.05, 4.69) is 5.32 Å². The summed E-state index contributed by atoms with van der Waals surface area (Å²) in [4.78, 5) is 27.8. The third-order valence-corrected chi connectivity index (χ3v) is 7.49. The van der Waals surface area contributed by atoms with E-state index in [0.29, 0.717) is 36.9 Å². The van der Waals surface area contributed by atoms with E-state index >= 15 is 0 Å². The molecule has 0 radical (unpaired) electrons. The fourth-order valence-electron chi connectivity index (χ4n) is 4.12. The fourth-order valence-corrected chi connectivity index (χ4v) is 5.07. The first-order chi connectivity index (χ1) is 18.0. The average Bonchev–Trinajstić information content (AvgIpc) is 2.87. The van der Waals surface area contributed by atoms with Gasteiger partial charge in [-0.2, -0.15) is 0 Å². The summed E-state index contributed by atoms with van der Waals surface area (Å²) in [6.45, 7) is 9.48. The number of amides is 2. The summed E-state index contributed by atoms with van der Waals surface area (Å²) in [5, 5.41) is 2.91. The van der Waals surface area contributed by atoms with Gasteiger partial charge in [0.15, 0.2) is 11.5 Å². The SMILES string of the molecule is Cc1ccc(CN(C(=O)CCCN(c2ccc3c(c2)OCCO3)S(C)(=O)=O)[C@H](C)C(=O)NCC(C)C)cc1. The molecule has 1 atom stereocenters. The molecule has 38 heavy (non-hydrogen) atoms. The van der Waals surface area contributed by atoms with Crippen molar-refractivity contribution in [2.75, 3.05) is 36.9 Å². The Labute approximate surface area is 226 Å². The maximum atomic E-state index is 13.4. The van der Waals surface area contributed by atoms with E-state index in [1.165, 1.54) is 4.31 Å². The van der Waals surface area contributed by atoms with Crippen LogP contribution < -0.4 is 19.1 Å². The first-order valence-electron chi connectivity index (χ1n) is 13.0. The minimum absolute atomic E-state index is 0.0875. The predicted octanol–water partition coefficient (Wildman–Crippen LogP) is 3.50. The van der Waals surface area contributed by atoms with Crippen molar-refractivity contribution in [3.63, 3.8) is 0 Å². The highest BCUT2D eigenvalue weighted by atomic mass is 32.2. The Hall–Kier alpha value is -3.27. The zero-order chi connectivity index (χ0) is 27.9. The summed E-state index contributed by atoms with van der Waals surface area (Å²) >= 11 is 0. The Morgan fingerprint density at radius 1 is 1.00 bits per heavy atom. The molecule has 10 heteroatoms. The standard InChI is InChI=1S/C28H39N3O6S/c1-20(2)18-29-28(33)22(4)30(19-23-10-8-21(3)9-11-23)27(32)7-6-14-31(38(5,34)35)24-12-13-25-26(17-24)37-16-15-36-25/h8-13,17,20,22H,6-7,14-16,18-19H2,1-5H3,(H,29,33)/t22-/m1/s1. The Bertz CT molecular complexity index is 1210. The number of aryl methyl sites for hydroxylation is 1. The van der Waals surface area contributed by atoms with Crippen LogP contribution in [0.5, 0.6) is 11.5 Å². The van der Waals surface area contributed by atoms with Crippen LogP contribution in [0.2, 0.25) is 0 Å². The van der Waals surface area contributed by atoms with Gasteiger partial charge < -0.3 is 19.7 Å². The Morgan fingerprint density at radius 2 is 1.66 bits per heavy atom. The van der Waals surface area contributed by atoms with Crippen molar-refractivity contribution < 1.29 is 27.5 Å². The van der Waals surface area contributed by atoms with Crippen molar-refractivity contribution >= 4 is 27.5 Å². The molecule has 0 saturated heterocycles. The van der Waals surface area contributed by atoms with Crippen molar-refractivity contribution in [1.82, 2.24) is 10.2 Å². The van der Waals surface area contributed by atoms with E-state index < -0.39 is 16.1 Å². The van der Waals surface area contributed by atoms with Crippen LogP contribution in [0.1, 0.15) is 44.7 Å². The van der Waals surface area contributed by atoms with E-state index in [1.807, 2.05) is 45.0 Å². The molecule has 2 aromatic carbocycles. The summed E-state index contributed by atoms with van der Waals surface area (Å²) in [7, 11) is -3.61. The largest absolute Gasteiger partial charge is 0.486 e. The van der Waals surface area contributed by atoms with Crippen LogP contribution in [-0.4, -0.2) is 63.7 Å². The average molecular weight is 546 g/mol. The molecule has 9 nitrogen and oxygen atoms in total. The summed E-state index contributed by atoms with van der Waals surface area (Å²) < 4.78 is 37.6. The van der Waals surface area contributed by atoms with Crippen LogP contribution in [0.4, 0.5) is 5.69 Å². The lowest BCUT2D eigenvalue weighted by Gasteiger charge is -2.30. The third kappa shape index (κ3) is 8.11. The van der Waals surface area contributed by atoms with E-state index in [1.54, 1.807) is 30.0 Å². The molecule has 1 heterocycles. The molecule has 0 fully saturated rings. The number of anilines is 1. The lowest BCUT2D eigenvalue weighted by atomic mass is 10.1. The number of rotatable bonds is 12. The molecule has 3 rings (SSSR count). The van der Waals surface area contributed by atoms with E-state index in [-0.39, 0.29) is 43.7 Å². The Kier molecular flexibility index (Phi) is 10.0. The zero-order valence-corrected chi connectivity index (χ0v) is 23.7. The molecule has 0 bridgehead atoms. The van der Waals surface area contributed by atoms with Crippen molar-refractivity contribution in [2.45, 2.75) is 53.1 Å². The van der Waals surface area contributed by atoms with Crippen LogP contribution in [0, 0.1) is 12.8 Å². The first kappa shape index (κ1) is 29.3. The van der Waals surface area contributed by atoms with Gasteiger partial charge in [-0.15, -0.1) is 0 Å². The number of nitrogens with zero attached hydrogens (tertiary/aromatic N) is 2. The molecule has 1 aliphatic rings. The van der Waals surface area contributed by atoms with Gasteiger partial charge in [0.25, 0.3) is 0 Å². The number of hydrogen-bond acceptors (Lipinski definition) is 6. The summed E-state index contributed by atoms with van der Waals surface area (Å²) in [5.74, 6) is 0.917. The molecule has 2 aromatic rings. The Balaban J connectivity index is 1.72. The molecule has 2 amide bonds. The predicted molar refractivity (Wildman–Crippen MR) is 148 cm³/mol. The van der Waals surface area contributed by atoms with E-state index in [0.717, 1.165) is 17.4 Å². The third-order valence-electron chi connectivity index (χ3n) is 6.29. The molecular formula is C28H39N3O6S. The minimum atomic E-state index is -3.61. The highest BCUT2D eigenvalue weighted by Crippen LogP contribution is 2.34. The van der Waals surface area contributed by atoms with Gasteiger partial charge in [-0.1, -0.05) is 43.7 Å². The van der Waals surface area contributed by atoms with Crippen LogP contribution in [0.15, 0.2) is 42.5 Å². The molecule has 0 aromatic heterocycles. The molecule has 1 N–H and O–H groups in total. The van der Waals surface area contributed by atoms with E-state index in [9.17, 15) is 18.0 Å². The van der Waals surface area contributed by atoms with Crippen LogP contribution >= 0.6 is 0 Å². The van der Waals surface area contributed by atoms with Crippen LogP contribution in [0.25, 0.3) is 0 Å². The quantitative estimate of drug-likeness (QED) is 0.438. The number of benzene rings is 2. The molecule has 0 aliphatic carbocycles. The lowest BCUT2D eigenvalue weighted by molar-refractivity contribution is -0.140. The molecular weight excluding hydrogens is 506 g/mol. The van der Waals surface area contributed by atoms with Crippen molar-refractivity contribution in [2.24, 2.45) is 5.92 Å². The second-order valence-corrected chi connectivity index (χ2v) is 12.0. The van der Waals surface area contributed by atoms with Crippen molar-refractivity contribution in [1.29, 1.82) is 0 Å². The fraction of sp³-hybridized carbons (Fsp3) is 0.500. The monoisotopic (exact) mass is 545 g/mol. The summed E-state index contributed by atoms with van der Waals surface area (Å²) in [6.07, 6.45) is 1.51. The number of nitrogens with one attached hydrogen (secondary N) is 1. The Morgan fingerprint density at radius 3 is 2.29 bits per heavy atom. The van der Waals surface area contributed by atoms with Crippen LogP contribution in [-0.2, 0) is 26.2 Å². The van der Waals surface area contributed by atoms with Gasteiger partial charge in [-0.3, -0.25) is 13.9 Å². The maximum absolute atomic E-state index is 13.4. The second-order valence-electron chi connectivity index (χ2n) is 10.1.